The Hall–Kier alpha value is -2.82. The van der Waals surface area contributed by atoms with Crippen LogP contribution in [-0.2, 0) is 0 Å². The minimum Gasteiger partial charge on any atom is -0.461 e. The first kappa shape index (κ1) is 13.2. The summed E-state index contributed by atoms with van der Waals surface area (Å²) in [5.41, 5.74) is 2.24. The van der Waals surface area contributed by atoms with Gasteiger partial charge in [-0.3, -0.25) is 9.59 Å². The van der Waals surface area contributed by atoms with Crippen LogP contribution in [0.4, 0.5) is 0 Å². The van der Waals surface area contributed by atoms with Crippen LogP contribution in [0.2, 0.25) is 0 Å². The number of para-hydroxylation sites is 1. The number of hydrogen-bond donors (Lipinski definition) is 2. The van der Waals surface area contributed by atoms with Crippen molar-refractivity contribution >= 4 is 22.6 Å². The minimum absolute atomic E-state index is 0.0920. The van der Waals surface area contributed by atoms with E-state index < -0.39 is 0 Å². The Morgan fingerprint density at radius 1 is 1.19 bits per heavy atom. The van der Waals surface area contributed by atoms with E-state index in [1.165, 1.54) is 6.26 Å². The summed E-state index contributed by atoms with van der Waals surface area (Å²) in [6.45, 7) is 1.74. The molecule has 5 heteroatoms. The number of ketones is 1. The molecule has 0 atom stereocenters. The SMILES string of the molecule is Cc1[nH]c2ccccc2c1C(=O)NCC(=O)c1ccco1. The highest BCUT2D eigenvalue weighted by molar-refractivity contribution is 6.09. The molecule has 2 N–H and O–H groups in total. The summed E-state index contributed by atoms with van der Waals surface area (Å²) in [5.74, 6) is -0.290. The predicted octanol–water partition coefficient (Wildman–Crippen LogP) is 2.68. The zero-order chi connectivity index (χ0) is 14.8. The fourth-order valence-corrected chi connectivity index (χ4v) is 2.34. The molecule has 0 spiro atoms. The second-order valence-corrected chi connectivity index (χ2v) is 4.75. The van der Waals surface area contributed by atoms with Crippen LogP contribution in [0.25, 0.3) is 10.9 Å². The van der Waals surface area contributed by atoms with Gasteiger partial charge in [-0.1, -0.05) is 18.2 Å². The van der Waals surface area contributed by atoms with Gasteiger partial charge >= 0.3 is 0 Å². The number of rotatable bonds is 4. The van der Waals surface area contributed by atoms with E-state index in [0.717, 1.165) is 16.6 Å². The quantitative estimate of drug-likeness (QED) is 0.722. The summed E-state index contributed by atoms with van der Waals surface area (Å²) in [6, 6.07) is 10.8. The van der Waals surface area contributed by atoms with Gasteiger partial charge in [-0.15, -0.1) is 0 Å². The Bertz CT molecular complexity index is 800. The number of nitrogens with one attached hydrogen (secondary N) is 2. The Morgan fingerprint density at radius 3 is 2.76 bits per heavy atom. The van der Waals surface area contributed by atoms with E-state index in [1.54, 1.807) is 12.1 Å². The van der Waals surface area contributed by atoms with Crippen molar-refractivity contribution in [1.82, 2.24) is 10.3 Å². The molecular weight excluding hydrogens is 268 g/mol. The first-order chi connectivity index (χ1) is 10.2. The molecule has 0 bridgehead atoms. The summed E-state index contributed by atoms with van der Waals surface area (Å²) in [7, 11) is 0. The van der Waals surface area contributed by atoms with E-state index in [1.807, 2.05) is 31.2 Å². The van der Waals surface area contributed by atoms with E-state index >= 15 is 0 Å². The average Bonchev–Trinajstić information content (AvgIpc) is 3.10. The number of hydrogen-bond acceptors (Lipinski definition) is 3. The maximum absolute atomic E-state index is 12.3. The normalized spacial score (nSPS) is 10.7. The third-order valence-electron chi connectivity index (χ3n) is 3.33. The fourth-order valence-electron chi connectivity index (χ4n) is 2.34. The van der Waals surface area contributed by atoms with Crippen molar-refractivity contribution in [3.63, 3.8) is 0 Å². The lowest BCUT2D eigenvalue weighted by Gasteiger charge is -2.03. The number of furan rings is 1. The Labute approximate surface area is 121 Å². The van der Waals surface area contributed by atoms with Crippen LogP contribution >= 0.6 is 0 Å². The molecule has 0 radical (unpaired) electrons. The van der Waals surface area contributed by atoms with Crippen molar-refractivity contribution in [2.24, 2.45) is 0 Å². The molecule has 0 aliphatic rings. The third-order valence-corrected chi connectivity index (χ3v) is 3.33. The van der Waals surface area contributed by atoms with Crippen molar-refractivity contribution < 1.29 is 14.0 Å². The van der Waals surface area contributed by atoms with Crippen LogP contribution in [0.1, 0.15) is 26.6 Å². The third kappa shape index (κ3) is 2.45. The number of aromatic amines is 1. The smallest absolute Gasteiger partial charge is 0.254 e. The highest BCUT2D eigenvalue weighted by Gasteiger charge is 2.17. The average molecular weight is 282 g/mol. The lowest BCUT2D eigenvalue weighted by atomic mass is 10.1. The maximum Gasteiger partial charge on any atom is 0.254 e. The van der Waals surface area contributed by atoms with Crippen LogP contribution in [0.5, 0.6) is 0 Å². The largest absolute Gasteiger partial charge is 0.461 e. The van der Waals surface area contributed by atoms with Gasteiger partial charge in [-0.2, -0.15) is 0 Å². The first-order valence-electron chi connectivity index (χ1n) is 6.59. The van der Waals surface area contributed by atoms with Crippen molar-refractivity contribution in [2.45, 2.75) is 6.92 Å². The molecule has 106 valence electrons. The number of H-pyrrole nitrogens is 1. The topological polar surface area (TPSA) is 75.1 Å². The molecule has 0 aliphatic carbocycles. The summed E-state index contributed by atoms with van der Waals surface area (Å²) in [6.07, 6.45) is 1.43. The van der Waals surface area contributed by atoms with Crippen molar-refractivity contribution in [2.75, 3.05) is 6.54 Å². The molecule has 0 aliphatic heterocycles. The number of benzene rings is 1. The monoisotopic (exact) mass is 282 g/mol. The van der Waals surface area contributed by atoms with Crippen molar-refractivity contribution in [3.8, 4) is 0 Å². The van der Waals surface area contributed by atoms with E-state index in [4.69, 9.17) is 4.42 Å². The number of aryl methyl sites for hydroxylation is 1. The molecule has 0 fully saturated rings. The predicted molar refractivity (Wildman–Crippen MR) is 78.4 cm³/mol. The molecule has 3 aromatic rings. The van der Waals surface area contributed by atoms with E-state index in [9.17, 15) is 9.59 Å². The zero-order valence-electron chi connectivity index (χ0n) is 11.5. The Balaban J connectivity index is 1.78. The van der Waals surface area contributed by atoms with E-state index in [2.05, 4.69) is 10.3 Å². The van der Waals surface area contributed by atoms with Crippen molar-refractivity contribution in [3.05, 3.63) is 59.7 Å². The van der Waals surface area contributed by atoms with Gasteiger partial charge in [0.15, 0.2) is 5.76 Å². The maximum atomic E-state index is 12.3. The molecule has 0 saturated carbocycles. The van der Waals surface area contributed by atoms with Crippen LogP contribution < -0.4 is 5.32 Å². The summed E-state index contributed by atoms with van der Waals surface area (Å²) >= 11 is 0. The highest BCUT2D eigenvalue weighted by atomic mass is 16.3. The number of carbonyl (C=O) groups excluding carboxylic acids is 2. The lowest BCUT2D eigenvalue weighted by Crippen LogP contribution is -2.29. The van der Waals surface area contributed by atoms with Gasteiger partial charge in [0.1, 0.15) is 0 Å². The Kier molecular flexibility index (Phi) is 3.31. The summed E-state index contributed by atoms with van der Waals surface area (Å²) in [5, 5.41) is 3.48. The first-order valence-corrected chi connectivity index (χ1v) is 6.59. The van der Waals surface area contributed by atoms with Gasteiger partial charge in [0, 0.05) is 16.6 Å². The number of amides is 1. The molecule has 0 saturated heterocycles. The van der Waals surface area contributed by atoms with Gasteiger partial charge < -0.3 is 14.7 Å². The van der Waals surface area contributed by atoms with Crippen LogP contribution in [-0.4, -0.2) is 23.2 Å². The molecule has 1 aromatic carbocycles. The molecule has 0 unspecified atom stereocenters. The van der Waals surface area contributed by atoms with Crippen LogP contribution in [0, 0.1) is 6.92 Å². The molecule has 2 heterocycles. The van der Waals surface area contributed by atoms with Gasteiger partial charge in [-0.05, 0) is 25.1 Å². The number of aromatic nitrogens is 1. The van der Waals surface area contributed by atoms with Crippen LogP contribution in [0.15, 0.2) is 47.1 Å². The van der Waals surface area contributed by atoms with E-state index in [0.29, 0.717) is 5.56 Å². The van der Waals surface area contributed by atoms with Gasteiger partial charge in [0.05, 0.1) is 18.4 Å². The van der Waals surface area contributed by atoms with E-state index in [-0.39, 0.29) is 24.0 Å². The zero-order valence-corrected chi connectivity index (χ0v) is 11.5. The van der Waals surface area contributed by atoms with Crippen LogP contribution in [0.3, 0.4) is 0 Å². The second kappa shape index (κ2) is 5.28. The number of carbonyl (C=O) groups is 2. The highest BCUT2D eigenvalue weighted by Crippen LogP contribution is 2.21. The van der Waals surface area contributed by atoms with Crippen molar-refractivity contribution in [1.29, 1.82) is 0 Å². The molecule has 3 rings (SSSR count). The number of fused-ring (bicyclic) bond motifs is 1. The second-order valence-electron chi connectivity index (χ2n) is 4.75. The summed E-state index contributed by atoms with van der Waals surface area (Å²) < 4.78 is 5.01. The lowest BCUT2D eigenvalue weighted by molar-refractivity contribution is 0.0893. The molecule has 5 nitrogen and oxygen atoms in total. The Morgan fingerprint density at radius 2 is 2.00 bits per heavy atom. The van der Waals surface area contributed by atoms with Gasteiger partial charge in [0.25, 0.3) is 5.91 Å². The molecule has 2 aromatic heterocycles. The molecule has 21 heavy (non-hydrogen) atoms. The standard InChI is InChI=1S/C16H14N2O3/c1-10-15(11-5-2-3-6-12(11)18-10)16(20)17-9-13(19)14-7-4-8-21-14/h2-8,18H,9H2,1H3,(H,17,20). The fraction of sp³-hybridized carbons (Fsp3) is 0.125. The number of Topliss-reactive ketones (excluding diaryl/α,β-unsaturated/α-hetero) is 1. The van der Waals surface area contributed by atoms with Gasteiger partial charge in [-0.25, -0.2) is 0 Å². The minimum atomic E-state index is -0.273. The summed E-state index contributed by atoms with van der Waals surface area (Å²) in [4.78, 5) is 27.3. The van der Waals surface area contributed by atoms with Gasteiger partial charge in [0.2, 0.25) is 5.78 Å². The molecular formula is C16H14N2O3. The molecule has 1 amide bonds.